The number of halogens is 2. The van der Waals surface area contributed by atoms with Crippen LogP contribution < -0.4 is 0 Å². The molecule has 0 heterocycles. The van der Waals surface area contributed by atoms with E-state index in [4.69, 9.17) is 0 Å². The second kappa shape index (κ2) is 2.82. The third-order valence-electron chi connectivity index (χ3n) is 4.46. The molecule has 3 heteroatoms. The van der Waals surface area contributed by atoms with Crippen molar-refractivity contribution in [3.8, 4) is 0 Å². The molecular weight excluding hydrogens is 296 g/mol. The van der Waals surface area contributed by atoms with Crippen LogP contribution in [0.25, 0.3) is 0 Å². The Balaban J connectivity index is 2.49. The largest absolute Gasteiger partial charge is 0.298 e. The molecule has 0 spiro atoms. The number of hydrogen-bond donors (Lipinski definition) is 0. The van der Waals surface area contributed by atoms with E-state index in [2.05, 4.69) is 45.7 Å². The molecule has 0 amide bonds. The summed E-state index contributed by atoms with van der Waals surface area (Å²) >= 11 is 7.11. The molecule has 2 aliphatic carbocycles. The zero-order valence-electron chi connectivity index (χ0n) is 7.94. The summed E-state index contributed by atoms with van der Waals surface area (Å²) in [6, 6.07) is 0. The van der Waals surface area contributed by atoms with E-state index in [1.165, 1.54) is 6.42 Å². The van der Waals surface area contributed by atoms with Crippen LogP contribution >= 0.6 is 31.9 Å². The van der Waals surface area contributed by atoms with E-state index in [-0.39, 0.29) is 15.7 Å². The summed E-state index contributed by atoms with van der Waals surface area (Å²) in [7, 11) is 0. The van der Waals surface area contributed by atoms with Gasteiger partial charge in [-0.2, -0.15) is 0 Å². The smallest absolute Gasteiger partial charge is 0.153 e. The highest BCUT2D eigenvalue weighted by Gasteiger charge is 2.67. The van der Waals surface area contributed by atoms with Gasteiger partial charge in [-0.05, 0) is 24.2 Å². The zero-order valence-corrected chi connectivity index (χ0v) is 11.1. The highest BCUT2D eigenvalue weighted by atomic mass is 79.9. The fraction of sp³-hybridized carbons (Fsp3) is 0.900. The molecule has 0 N–H and O–H groups in total. The number of rotatable bonds is 1. The van der Waals surface area contributed by atoms with Gasteiger partial charge in [0.25, 0.3) is 0 Å². The average Bonchev–Trinajstić information content (AvgIpc) is 2.44. The van der Waals surface area contributed by atoms with Gasteiger partial charge < -0.3 is 0 Å². The maximum Gasteiger partial charge on any atom is 0.153 e. The fourth-order valence-corrected chi connectivity index (χ4v) is 5.45. The highest BCUT2D eigenvalue weighted by Crippen LogP contribution is 2.65. The first-order chi connectivity index (χ1) is 5.97. The standard InChI is InChI=1S/C10H14Br2O/c1-9-4-3-6(7(12)8(9)13)10(9,2)5-11/h6-7H,3-5H2,1-2H3/t6-,7-,9+,10-/m0/s1. The molecule has 2 aliphatic rings. The molecule has 0 aromatic heterocycles. The summed E-state index contributed by atoms with van der Waals surface area (Å²) in [6.45, 7) is 4.39. The molecule has 2 saturated carbocycles. The van der Waals surface area contributed by atoms with Crippen LogP contribution in [0.1, 0.15) is 26.7 Å². The quantitative estimate of drug-likeness (QED) is 0.680. The van der Waals surface area contributed by atoms with Crippen molar-refractivity contribution in [2.45, 2.75) is 31.5 Å². The lowest BCUT2D eigenvalue weighted by molar-refractivity contribution is -0.127. The molecule has 0 radical (unpaired) electrons. The third-order valence-corrected chi connectivity index (χ3v) is 6.68. The first-order valence-corrected chi connectivity index (χ1v) is 6.75. The lowest BCUT2D eigenvalue weighted by Gasteiger charge is -2.34. The first-order valence-electron chi connectivity index (χ1n) is 4.72. The molecule has 0 saturated heterocycles. The first kappa shape index (κ1) is 10.2. The second-order valence-corrected chi connectivity index (χ2v) is 6.34. The van der Waals surface area contributed by atoms with E-state index < -0.39 is 0 Å². The molecule has 2 bridgehead atoms. The highest BCUT2D eigenvalue weighted by molar-refractivity contribution is 9.10. The van der Waals surface area contributed by atoms with E-state index in [1.807, 2.05) is 0 Å². The van der Waals surface area contributed by atoms with E-state index in [0.29, 0.717) is 11.7 Å². The van der Waals surface area contributed by atoms with Gasteiger partial charge in [0.1, 0.15) is 0 Å². The number of alkyl halides is 2. The summed E-state index contributed by atoms with van der Waals surface area (Å²) < 4.78 is 0. The molecule has 2 rings (SSSR count). The minimum absolute atomic E-state index is 0.0880. The van der Waals surface area contributed by atoms with Crippen molar-refractivity contribution in [2.75, 3.05) is 5.33 Å². The number of ketones is 1. The Morgan fingerprint density at radius 1 is 1.54 bits per heavy atom. The van der Waals surface area contributed by atoms with Gasteiger partial charge in [0.15, 0.2) is 5.78 Å². The SMILES string of the molecule is C[C@]1(CBr)[C@H]2CC[C@]1(C)C(=O)[C@H]2Br. The monoisotopic (exact) mass is 308 g/mol. The van der Waals surface area contributed by atoms with Crippen molar-refractivity contribution in [1.29, 1.82) is 0 Å². The number of fused-ring (bicyclic) bond motifs is 2. The Morgan fingerprint density at radius 3 is 2.46 bits per heavy atom. The molecule has 0 aliphatic heterocycles. The van der Waals surface area contributed by atoms with E-state index in [9.17, 15) is 4.79 Å². The minimum Gasteiger partial charge on any atom is -0.298 e. The Labute approximate surface area is 95.9 Å². The molecule has 0 aromatic rings. The lowest BCUT2D eigenvalue weighted by Crippen LogP contribution is -2.36. The van der Waals surface area contributed by atoms with Gasteiger partial charge in [-0.15, -0.1) is 0 Å². The van der Waals surface area contributed by atoms with Crippen molar-refractivity contribution in [1.82, 2.24) is 0 Å². The summed E-state index contributed by atoms with van der Waals surface area (Å²) in [5.74, 6) is 0.954. The van der Waals surface area contributed by atoms with Crippen LogP contribution in [0.5, 0.6) is 0 Å². The number of Topliss-reactive ketones (excluding diaryl/α,β-unsaturated/α-hetero) is 1. The summed E-state index contributed by atoms with van der Waals surface area (Å²) in [6.07, 6.45) is 2.26. The van der Waals surface area contributed by atoms with Crippen molar-refractivity contribution >= 4 is 37.6 Å². The Kier molecular flexibility index (Phi) is 2.20. The van der Waals surface area contributed by atoms with Gasteiger partial charge in [0.2, 0.25) is 0 Å². The van der Waals surface area contributed by atoms with Crippen LogP contribution in [0.2, 0.25) is 0 Å². The van der Waals surface area contributed by atoms with E-state index >= 15 is 0 Å². The van der Waals surface area contributed by atoms with Crippen molar-refractivity contribution in [3.05, 3.63) is 0 Å². The number of hydrogen-bond acceptors (Lipinski definition) is 1. The molecule has 1 nitrogen and oxygen atoms in total. The van der Waals surface area contributed by atoms with Crippen LogP contribution in [0, 0.1) is 16.7 Å². The lowest BCUT2D eigenvalue weighted by atomic mass is 9.70. The van der Waals surface area contributed by atoms with Crippen LogP contribution in [-0.4, -0.2) is 15.9 Å². The fourth-order valence-electron chi connectivity index (χ4n) is 3.07. The number of carbonyl (C=O) groups is 1. The maximum absolute atomic E-state index is 12.0. The molecule has 4 atom stereocenters. The summed E-state index contributed by atoms with van der Waals surface area (Å²) in [5, 5.41) is 0.939. The van der Waals surface area contributed by atoms with Crippen LogP contribution in [0.4, 0.5) is 0 Å². The summed E-state index contributed by atoms with van der Waals surface area (Å²) in [5.41, 5.74) is 0.0770. The third kappa shape index (κ3) is 0.956. The molecule has 2 fully saturated rings. The Hall–Kier alpha value is 0.630. The molecular formula is C10H14Br2O. The minimum atomic E-state index is -0.0880. The van der Waals surface area contributed by atoms with Crippen molar-refractivity contribution < 1.29 is 4.79 Å². The average molecular weight is 310 g/mol. The van der Waals surface area contributed by atoms with Crippen molar-refractivity contribution in [2.24, 2.45) is 16.7 Å². The summed E-state index contributed by atoms with van der Waals surface area (Å²) in [4.78, 5) is 12.1. The Morgan fingerprint density at radius 2 is 2.15 bits per heavy atom. The van der Waals surface area contributed by atoms with E-state index in [1.54, 1.807) is 0 Å². The molecule has 74 valence electrons. The molecule has 13 heavy (non-hydrogen) atoms. The van der Waals surface area contributed by atoms with Gasteiger partial charge in [0, 0.05) is 10.7 Å². The Bertz CT molecular complexity index is 266. The van der Waals surface area contributed by atoms with Gasteiger partial charge in [-0.3, -0.25) is 4.79 Å². The van der Waals surface area contributed by atoms with Gasteiger partial charge in [-0.25, -0.2) is 0 Å². The van der Waals surface area contributed by atoms with Gasteiger partial charge in [-0.1, -0.05) is 45.7 Å². The van der Waals surface area contributed by atoms with Gasteiger partial charge in [0.05, 0.1) is 4.83 Å². The maximum atomic E-state index is 12.0. The molecule has 0 unspecified atom stereocenters. The van der Waals surface area contributed by atoms with Gasteiger partial charge >= 0.3 is 0 Å². The predicted molar refractivity (Wildman–Crippen MR) is 60.5 cm³/mol. The predicted octanol–water partition coefficient (Wildman–Crippen LogP) is 3.15. The number of carbonyl (C=O) groups excluding carboxylic acids is 1. The van der Waals surface area contributed by atoms with E-state index in [0.717, 1.165) is 11.8 Å². The zero-order chi connectivity index (χ0) is 9.85. The van der Waals surface area contributed by atoms with Crippen LogP contribution in [0.15, 0.2) is 0 Å². The molecule has 0 aromatic carbocycles. The second-order valence-electron chi connectivity index (χ2n) is 4.79. The van der Waals surface area contributed by atoms with Crippen LogP contribution in [0.3, 0.4) is 0 Å². The topological polar surface area (TPSA) is 17.1 Å². The van der Waals surface area contributed by atoms with Crippen LogP contribution in [-0.2, 0) is 4.79 Å². The van der Waals surface area contributed by atoms with Crippen molar-refractivity contribution in [3.63, 3.8) is 0 Å². The normalized spacial score (nSPS) is 54.6.